The van der Waals surface area contributed by atoms with Crippen molar-refractivity contribution in [3.05, 3.63) is 45.4 Å². The first-order valence-corrected chi connectivity index (χ1v) is 5.07. The predicted molar refractivity (Wildman–Crippen MR) is 53.1 cm³/mol. The largest absolute Gasteiger partial charge is 0.324 e. The van der Waals surface area contributed by atoms with E-state index < -0.39 is 0 Å². The minimum Gasteiger partial charge on any atom is -0.324 e. The minimum absolute atomic E-state index is 0.785. The Morgan fingerprint density at radius 2 is 2.38 bits per heavy atom. The SMILES string of the molecule is C1=c2sccc2=NCc2cccn21. The van der Waals surface area contributed by atoms with Crippen molar-refractivity contribution < 1.29 is 0 Å². The molecule has 13 heavy (non-hydrogen) atoms. The van der Waals surface area contributed by atoms with E-state index in [1.807, 2.05) is 0 Å². The number of fused-ring (bicyclic) bond motifs is 2. The zero-order valence-electron chi connectivity index (χ0n) is 6.97. The molecule has 3 heterocycles. The van der Waals surface area contributed by atoms with Crippen LogP contribution in [0.1, 0.15) is 5.69 Å². The van der Waals surface area contributed by atoms with Gasteiger partial charge in [-0.3, -0.25) is 4.99 Å². The van der Waals surface area contributed by atoms with Gasteiger partial charge in [0.1, 0.15) is 0 Å². The second kappa shape index (κ2) is 2.57. The van der Waals surface area contributed by atoms with E-state index in [-0.39, 0.29) is 0 Å². The lowest BCUT2D eigenvalue weighted by atomic mass is 10.4. The molecule has 0 atom stereocenters. The highest BCUT2D eigenvalue weighted by molar-refractivity contribution is 7.07. The Kier molecular flexibility index (Phi) is 1.40. The van der Waals surface area contributed by atoms with E-state index >= 15 is 0 Å². The molecule has 0 amide bonds. The van der Waals surface area contributed by atoms with Gasteiger partial charge in [0.05, 0.1) is 16.4 Å². The van der Waals surface area contributed by atoms with Gasteiger partial charge in [-0.25, -0.2) is 0 Å². The highest BCUT2D eigenvalue weighted by Gasteiger charge is 2.01. The summed E-state index contributed by atoms with van der Waals surface area (Å²) >= 11 is 1.74. The molecule has 2 nitrogen and oxygen atoms in total. The van der Waals surface area contributed by atoms with Gasteiger partial charge in [-0.15, -0.1) is 11.3 Å². The van der Waals surface area contributed by atoms with Crippen LogP contribution in [-0.4, -0.2) is 4.57 Å². The summed E-state index contributed by atoms with van der Waals surface area (Å²) in [6, 6.07) is 6.24. The Morgan fingerprint density at radius 1 is 1.38 bits per heavy atom. The van der Waals surface area contributed by atoms with E-state index in [2.05, 4.69) is 45.5 Å². The highest BCUT2D eigenvalue weighted by Crippen LogP contribution is 2.04. The molecular weight excluding hydrogens is 180 g/mol. The summed E-state index contributed by atoms with van der Waals surface area (Å²) in [5.74, 6) is 0. The van der Waals surface area contributed by atoms with Crippen molar-refractivity contribution in [1.29, 1.82) is 0 Å². The van der Waals surface area contributed by atoms with Crippen LogP contribution in [0.2, 0.25) is 0 Å². The van der Waals surface area contributed by atoms with Crippen LogP contribution in [0, 0.1) is 0 Å². The average molecular weight is 188 g/mol. The standard InChI is InChI=1S/C10H8N2S/c1-2-8-6-11-9-3-5-13-10(9)7-12(8)4-1/h1-5,7H,6H2. The van der Waals surface area contributed by atoms with Gasteiger partial charge in [0.15, 0.2) is 0 Å². The molecule has 1 aliphatic rings. The van der Waals surface area contributed by atoms with Crippen LogP contribution in [0.4, 0.5) is 0 Å². The quantitative estimate of drug-likeness (QED) is 0.586. The van der Waals surface area contributed by atoms with E-state index in [0.29, 0.717) is 0 Å². The predicted octanol–water partition coefficient (Wildman–Crippen LogP) is 0.969. The van der Waals surface area contributed by atoms with E-state index in [4.69, 9.17) is 0 Å². The third-order valence-corrected chi connectivity index (χ3v) is 3.05. The molecule has 0 aliphatic carbocycles. The molecule has 0 spiro atoms. The van der Waals surface area contributed by atoms with Crippen LogP contribution in [0.5, 0.6) is 0 Å². The number of hydrogen-bond acceptors (Lipinski definition) is 2. The third kappa shape index (κ3) is 1.04. The Labute approximate surface area is 79.5 Å². The molecule has 2 aromatic heterocycles. The summed E-state index contributed by atoms with van der Waals surface area (Å²) in [5.41, 5.74) is 1.25. The summed E-state index contributed by atoms with van der Waals surface area (Å²) in [4.78, 5) is 4.52. The molecule has 0 N–H and O–H groups in total. The van der Waals surface area contributed by atoms with Crippen LogP contribution in [0.15, 0.2) is 34.8 Å². The van der Waals surface area contributed by atoms with Crippen molar-refractivity contribution in [3.8, 4) is 0 Å². The summed E-state index contributed by atoms with van der Waals surface area (Å²) < 4.78 is 3.39. The lowest BCUT2D eigenvalue weighted by Crippen LogP contribution is -2.17. The first-order valence-electron chi connectivity index (χ1n) is 4.19. The van der Waals surface area contributed by atoms with E-state index in [9.17, 15) is 0 Å². The number of rotatable bonds is 0. The van der Waals surface area contributed by atoms with Crippen molar-refractivity contribution in [2.75, 3.05) is 0 Å². The summed E-state index contributed by atoms with van der Waals surface area (Å²) in [6.07, 6.45) is 4.21. The Bertz CT molecular complexity index is 547. The van der Waals surface area contributed by atoms with E-state index in [0.717, 1.165) is 11.9 Å². The second-order valence-electron chi connectivity index (χ2n) is 3.02. The zero-order valence-corrected chi connectivity index (χ0v) is 7.79. The van der Waals surface area contributed by atoms with Gasteiger partial charge in [-0.1, -0.05) is 0 Å². The second-order valence-corrected chi connectivity index (χ2v) is 3.97. The average Bonchev–Trinajstić information content (AvgIpc) is 2.72. The lowest BCUT2D eigenvalue weighted by molar-refractivity contribution is 0.932. The summed E-state index contributed by atoms with van der Waals surface area (Å²) in [5, 5.41) is 3.20. The van der Waals surface area contributed by atoms with Crippen LogP contribution >= 0.6 is 11.3 Å². The highest BCUT2D eigenvalue weighted by atomic mass is 32.1. The molecule has 64 valence electrons. The van der Waals surface area contributed by atoms with Crippen molar-refractivity contribution in [1.82, 2.24) is 4.57 Å². The van der Waals surface area contributed by atoms with Crippen LogP contribution in [0.25, 0.3) is 6.20 Å². The Balaban J connectivity index is 2.40. The molecule has 0 fully saturated rings. The maximum Gasteiger partial charge on any atom is 0.0802 e. The molecule has 2 aromatic rings. The molecule has 0 unspecified atom stereocenters. The molecular formula is C10H8N2S. The van der Waals surface area contributed by atoms with Crippen molar-refractivity contribution >= 4 is 17.5 Å². The minimum atomic E-state index is 0.785. The van der Waals surface area contributed by atoms with Crippen molar-refractivity contribution in [2.24, 2.45) is 4.99 Å². The number of aromatic nitrogens is 1. The fourth-order valence-corrected chi connectivity index (χ4v) is 2.29. The number of nitrogens with zero attached hydrogens (tertiary/aromatic N) is 2. The first-order chi connectivity index (χ1) is 6.43. The Hall–Kier alpha value is -1.35. The maximum atomic E-state index is 4.52. The smallest absolute Gasteiger partial charge is 0.0802 e. The maximum absolute atomic E-state index is 4.52. The number of thiophene rings is 1. The van der Waals surface area contributed by atoms with E-state index in [1.54, 1.807) is 11.3 Å². The monoisotopic (exact) mass is 188 g/mol. The first kappa shape index (κ1) is 7.09. The van der Waals surface area contributed by atoms with Gasteiger partial charge in [-0.05, 0) is 23.6 Å². The van der Waals surface area contributed by atoms with Gasteiger partial charge in [0, 0.05) is 18.1 Å². The molecule has 0 saturated heterocycles. The van der Waals surface area contributed by atoms with Gasteiger partial charge >= 0.3 is 0 Å². The van der Waals surface area contributed by atoms with Crippen LogP contribution < -0.4 is 9.89 Å². The van der Waals surface area contributed by atoms with Crippen LogP contribution in [-0.2, 0) is 6.54 Å². The normalized spacial score (nSPS) is 13.5. The van der Waals surface area contributed by atoms with Gasteiger partial charge in [0.25, 0.3) is 0 Å². The molecule has 1 aliphatic heterocycles. The molecule has 0 aromatic carbocycles. The molecule has 3 rings (SSSR count). The van der Waals surface area contributed by atoms with Crippen LogP contribution in [0.3, 0.4) is 0 Å². The summed E-state index contributed by atoms with van der Waals surface area (Å²) in [6.45, 7) is 0.785. The summed E-state index contributed by atoms with van der Waals surface area (Å²) in [7, 11) is 0. The molecule has 0 saturated carbocycles. The van der Waals surface area contributed by atoms with E-state index in [1.165, 1.54) is 10.2 Å². The molecule has 0 bridgehead atoms. The van der Waals surface area contributed by atoms with Gasteiger partial charge in [0.2, 0.25) is 0 Å². The topological polar surface area (TPSA) is 17.3 Å². The van der Waals surface area contributed by atoms with Gasteiger partial charge < -0.3 is 4.57 Å². The molecule has 3 heteroatoms. The zero-order chi connectivity index (χ0) is 8.67. The third-order valence-electron chi connectivity index (χ3n) is 2.21. The Morgan fingerprint density at radius 3 is 3.38 bits per heavy atom. The fraction of sp³-hybridized carbons (Fsp3) is 0.100. The fourth-order valence-electron chi connectivity index (χ4n) is 1.52. The lowest BCUT2D eigenvalue weighted by Gasteiger charge is -1.96. The van der Waals surface area contributed by atoms with Gasteiger partial charge in [-0.2, -0.15) is 0 Å². The number of hydrogen-bond donors (Lipinski definition) is 0. The van der Waals surface area contributed by atoms with Crippen molar-refractivity contribution in [3.63, 3.8) is 0 Å². The van der Waals surface area contributed by atoms with Crippen molar-refractivity contribution in [2.45, 2.75) is 6.54 Å². The molecule has 0 radical (unpaired) electrons.